The summed E-state index contributed by atoms with van der Waals surface area (Å²) in [5.74, 6) is 1.36. The Labute approximate surface area is 173 Å². The minimum Gasteiger partial charge on any atom is -0.490 e. The summed E-state index contributed by atoms with van der Waals surface area (Å²) in [6.07, 6.45) is 1.61. The highest BCUT2D eigenvalue weighted by Gasteiger charge is 2.17. The first-order valence-corrected chi connectivity index (χ1v) is 10.0. The van der Waals surface area contributed by atoms with Crippen molar-refractivity contribution in [2.24, 2.45) is 0 Å². The number of amides is 1. The molecule has 0 heterocycles. The third kappa shape index (κ3) is 7.15. The van der Waals surface area contributed by atoms with E-state index in [4.69, 9.17) is 14.7 Å². The van der Waals surface area contributed by atoms with Gasteiger partial charge in [0.15, 0.2) is 0 Å². The fourth-order valence-electron chi connectivity index (χ4n) is 2.84. The quantitative estimate of drug-likeness (QED) is 0.573. The predicted molar refractivity (Wildman–Crippen MR) is 114 cm³/mol. The molecule has 5 nitrogen and oxygen atoms in total. The molecule has 154 valence electrons. The Kier molecular flexibility index (Phi) is 8.54. The van der Waals surface area contributed by atoms with Gasteiger partial charge in [-0.25, -0.2) is 0 Å². The molecule has 0 aromatic heterocycles. The van der Waals surface area contributed by atoms with E-state index in [9.17, 15) is 4.79 Å². The Morgan fingerprint density at radius 1 is 1.07 bits per heavy atom. The Bertz CT molecular complexity index is 823. The summed E-state index contributed by atoms with van der Waals surface area (Å²) in [6, 6.07) is 17.8. The smallest absolute Gasteiger partial charge is 0.234 e. The summed E-state index contributed by atoms with van der Waals surface area (Å²) in [6.45, 7) is 8.02. The topological polar surface area (TPSA) is 71.3 Å². The first-order valence-electron chi connectivity index (χ1n) is 10.0. The number of para-hydroxylation sites is 1. The molecule has 2 aromatic carbocycles. The van der Waals surface area contributed by atoms with Crippen LogP contribution < -0.4 is 14.8 Å². The monoisotopic (exact) mass is 394 g/mol. The number of carbonyl (C=O) groups excluding carboxylic acids is 1. The van der Waals surface area contributed by atoms with Crippen LogP contribution in [0.4, 0.5) is 0 Å². The molecule has 29 heavy (non-hydrogen) atoms. The molecule has 5 heteroatoms. The van der Waals surface area contributed by atoms with Crippen LogP contribution >= 0.6 is 0 Å². The number of carbonyl (C=O) groups is 1. The third-order valence-corrected chi connectivity index (χ3v) is 5.06. The van der Waals surface area contributed by atoms with Gasteiger partial charge < -0.3 is 14.8 Å². The summed E-state index contributed by atoms with van der Waals surface area (Å²) in [4.78, 5) is 11.4. The largest absolute Gasteiger partial charge is 0.490 e. The van der Waals surface area contributed by atoms with Crippen molar-refractivity contribution in [2.75, 3.05) is 19.8 Å². The van der Waals surface area contributed by atoms with Crippen LogP contribution in [0.25, 0.3) is 0 Å². The van der Waals surface area contributed by atoms with Crippen molar-refractivity contribution in [3.05, 3.63) is 59.7 Å². The van der Waals surface area contributed by atoms with Gasteiger partial charge >= 0.3 is 0 Å². The molecule has 0 bridgehead atoms. The fourth-order valence-corrected chi connectivity index (χ4v) is 2.84. The van der Waals surface area contributed by atoms with Crippen LogP contribution in [0.2, 0.25) is 0 Å². The highest BCUT2D eigenvalue weighted by molar-refractivity contribution is 5.77. The number of ether oxygens (including phenoxy) is 2. The highest BCUT2D eigenvalue weighted by Crippen LogP contribution is 2.28. The lowest BCUT2D eigenvalue weighted by atomic mass is 9.82. The van der Waals surface area contributed by atoms with Gasteiger partial charge in [0.05, 0.1) is 6.07 Å². The zero-order valence-corrected chi connectivity index (χ0v) is 17.5. The molecule has 0 atom stereocenters. The van der Waals surface area contributed by atoms with Crippen molar-refractivity contribution in [3.63, 3.8) is 0 Å². The van der Waals surface area contributed by atoms with Gasteiger partial charge in [-0.3, -0.25) is 4.79 Å². The van der Waals surface area contributed by atoms with Gasteiger partial charge in [-0.1, -0.05) is 51.1 Å². The summed E-state index contributed by atoms with van der Waals surface area (Å²) < 4.78 is 11.7. The zero-order chi connectivity index (χ0) is 21.1. The van der Waals surface area contributed by atoms with Crippen molar-refractivity contribution in [3.8, 4) is 17.6 Å². The van der Waals surface area contributed by atoms with Crippen molar-refractivity contribution in [2.45, 2.75) is 45.4 Å². The second-order valence-electron chi connectivity index (χ2n) is 7.50. The zero-order valence-electron chi connectivity index (χ0n) is 17.5. The summed E-state index contributed by atoms with van der Waals surface area (Å²) in [7, 11) is 0. The average molecular weight is 395 g/mol. The Morgan fingerprint density at radius 3 is 2.45 bits per heavy atom. The molecule has 0 unspecified atom stereocenters. The fraction of sp³-hybridized carbons (Fsp3) is 0.417. The third-order valence-electron chi connectivity index (χ3n) is 5.06. The van der Waals surface area contributed by atoms with Crippen molar-refractivity contribution in [1.82, 2.24) is 5.32 Å². The van der Waals surface area contributed by atoms with E-state index in [0.29, 0.717) is 26.2 Å². The van der Waals surface area contributed by atoms with Crippen LogP contribution in [0.15, 0.2) is 48.5 Å². The maximum Gasteiger partial charge on any atom is 0.234 e. The van der Waals surface area contributed by atoms with Crippen LogP contribution in [0.1, 0.15) is 44.7 Å². The second kappa shape index (κ2) is 11.1. The van der Waals surface area contributed by atoms with Crippen LogP contribution in [-0.4, -0.2) is 25.7 Å². The molecule has 2 aromatic rings. The number of nitrogens with one attached hydrogen (secondary N) is 1. The first-order chi connectivity index (χ1) is 14.0. The van der Waals surface area contributed by atoms with E-state index in [1.807, 2.05) is 42.5 Å². The standard InChI is InChI=1S/C24H30N2O3/c1-4-24(2,3)20-9-11-21(12-10-20)28-17-18-29-22-8-6-5-7-19(22)14-16-26-23(27)13-15-25/h5-12H,4,13-14,16-18H2,1-3H3,(H,26,27). The molecule has 0 saturated heterocycles. The Hall–Kier alpha value is -3.00. The highest BCUT2D eigenvalue weighted by atomic mass is 16.5. The number of nitriles is 1. The van der Waals surface area contributed by atoms with Crippen LogP contribution in [-0.2, 0) is 16.6 Å². The van der Waals surface area contributed by atoms with E-state index in [2.05, 4.69) is 38.2 Å². The lowest BCUT2D eigenvalue weighted by Crippen LogP contribution is -2.25. The maximum atomic E-state index is 11.4. The predicted octanol–water partition coefficient (Wildman–Crippen LogP) is 4.40. The van der Waals surface area contributed by atoms with E-state index in [1.54, 1.807) is 0 Å². The van der Waals surface area contributed by atoms with E-state index in [0.717, 1.165) is 23.5 Å². The SMILES string of the molecule is CCC(C)(C)c1ccc(OCCOc2ccccc2CCNC(=O)CC#N)cc1. The van der Waals surface area contributed by atoms with Crippen molar-refractivity contribution < 1.29 is 14.3 Å². The van der Waals surface area contributed by atoms with Gasteiger partial charge in [0, 0.05) is 6.54 Å². The summed E-state index contributed by atoms with van der Waals surface area (Å²) in [5, 5.41) is 11.2. The molecule has 0 aliphatic carbocycles. The van der Waals surface area contributed by atoms with E-state index >= 15 is 0 Å². The molecule has 1 N–H and O–H groups in total. The van der Waals surface area contributed by atoms with Gasteiger partial charge in [0.2, 0.25) is 5.91 Å². The van der Waals surface area contributed by atoms with Gasteiger partial charge in [-0.15, -0.1) is 0 Å². The van der Waals surface area contributed by atoms with Gasteiger partial charge in [-0.2, -0.15) is 5.26 Å². The van der Waals surface area contributed by atoms with Crippen molar-refractivity contribution >= 4 is 5.91 Å². The molecular weight excluding hydrogens is 364 g/mol. The molecule has 0 aliphatic heterocycles. The minimum absolute atomic E-state index is 0.119. The van der Waals surface area contributed by atoms with Gasteiger partial charge in [-0.05, 0) is 47.6 Å². The Morgan fingerprint density at radius 2 is 1.76 bits per heavy atom. The second-order valence-corrected chi connectivity index (χ2v) is 7.50. The van der Waals surface area contributed by atoms with Crippen LogP contribution in [0, 0.1) is 11.3 Å². The first kappa shape index (κ1) is 22.3. The van der Waals surface area contributed by atoms with Crippen molar-refractivity contribution in [1.29, 1.82) is 5.26 Å². The lowest BCUT2D eigenvalue weighted by Gasteiger charge is -2.23. The van der Waals surface area contributed by atoms with Crippen LogP contribution in [0.3, 0.4) is 0 Å². The van der Waals surface area contributed by atoms with E-state index < -0.39 is 0 Å². The van der Waals surface area contributed by atoms with Gasteiger partial charge in [0.25, 0.3) is 0 Å². The van der Waals surface area contributed by atoms with E-state index in [1.165, 1.54) is 5.56 Å². The van der Waals surface area contributed by atoms with E-state index in [-0.39, 0.29) is 17.7 Å². The number of rotatable bonds is 11. The average Bonchev–Trinajstić information content (AvgIpc) is 2.73. The normalized spacial score (nSPS) is 10.8. The molecule has 0 spiro atoms. The lowest BCUT2D eigenvalue weighted by molar-refractivity contribution is -0.120. The number of hydrogen-bond donors (Lipinski definition) is 1. The molecular formula is C24H30N2O3. The molecule has 0 aliphatic rings. The number of nitrogens with zero attached hydrogens (tertiary/aromatic N) is 1. The summed E-state index contributed by atoms with van der Waals surface area (Å²) >= 11 is 0. The minimum atomic E-state index is -0.257. The molecule has 0 saturated carbocycles. The van der Waals surface area contributed by atoms with Crippen LogP contribution in [0.5, 0.6) is 11.5 Å². The number of benzene rings is 2. The molecule has 0 fully saturated rings. The molecule has 2 rings (SSSR count). The van der Waals surface area contributed by atoms with Gasteiger partial charge in [0.1, 0.15) is 31.1 Å². The molecule has 1 amide bonds. The summed E-state index contributed by atoms with van der Waals surface area (Å²) in [5.41, 5.74) is 2.48. The molecule has 0 radical (unpaired) electrons. The Balaban J connectivity index is 1.79. The number of hydrogen-bond acceptors (Lipinski definition) is 4. The maximum absolute atomic E-state index is 11.4.